The highest BCUT2D eigenvalue weighted by atomic mass is 19.4. The van der Waals surface area contributed by atoms with Gasteiger partial charge >= 0.3 is 6.18 Å². The summed E-state index contributed by atoms with van der Waals surface area (Å²) < 4.78 is 62.9. The Balaban J connectivity index is 1.25. The Labute approximate surface area is 232 Å². The van der Waals surface area contributed by atoms with E-state index in [9.17, 15) is 18.0 Å². The van der Waals surface area contributed by atoms with Gasteiger partial charge in [-0.1, -0.05) is 12.1 Å². The number of fused-ring (bicyclic) bond motifs is 3. The topological polar surface area (TPSA) is 87.4 Å². The smallest absolute Gasteiger partial charge is 0.435 e. The summed E-state index contributed by atoms with van der Waals surface area (Å²) >= 11 is 0. The minimum Gasteiger partial charge on any atom is -0.454 e. The van der Waals surface area contributed by atoms with Crippen LogP contribution in [0.5, 0.6) is 23.0 Å². The molecule has 4 heterocycles. The predicted molar refractivity (Wildman–Crippen MR) is 139 cm³/mol. The van der Waals surface area contributed by atoms with Gasteiger partial charge in [-0.3, -0.25) is 9.48 Å². The molecule has 0 radical (unpaired) electrons. The lowest BCUT2D eigenvalue weighted by Gasteiger charge is -2.29. The van der Waals surface area contributed by atoms with Crippen LogP contribution in [0.1, 0.15) is 47.8 Å². The number of amides is 1. The first kappa shape index (κ1) is 25.5. The molecule has 41 heavy (non-hydrogen) atoms. The van der Waals surface area contributed by atoms with Crippen molar-refractivity contribution in [3.8, 4) is 23.0 Å². The van der Waals surface area contributed by atoms with Crippen molar-refractivity contribution in [2.24, 2.45) is 11.0 Å². The summed E-state index contributed by atoms with van der Waals surface area (Å²) in [5.74, 6) is 1.98. The molecule has 4 aliphatic rings. The number of benzene rings is 2. The normalized spacial score (nSPS) is 21.8. The Kier molecular flexibility index (Phi) is 5.95. The monoisotopic (exact) mass is 566 g/mol. The molecule has 0 spiro atoms. The molecule has 0 saturated heterocycles. The molecule has 1 fully saturated rings. The van der Waals surface area contributed by atoms with Gasteiger partial charge < -0.3 is 18.9 Å². The molecule has 3 aliphatic heterocycles. The summed E-state index contributed by atoms with van der Waals surface area (Å²) in [6.07, 6.45) is -0.112. The number of hydrazone groups is 1. The first-order valence-electron chi connectivity index (χ1n) is 13.3. The van der Waals surface area contributed by atoms with Gasteiger partial charge in [-0.05, 0) is 79.3 Å². The van der Waals surface area contributed by atoms with Gasteiger partial charge in [-0.25, -0.2) is 5.01 Å². The van der Waals surface area contributed by atoms with Gasteiger partial charge in [0, 0.05) is 11.6 Å². The molecular weight excluding hydrogens is 541 g/mol. The SMILES string of the molecule is Cc1cc(C(F)(F)F)nn1CC(=O)N1N=C2/C(=C/c3ccc4c(c3)OCO4)CCC[C@H]2[C@H]1c1ccc2c(c1)OCO2. The van der Waals surface area contributed by atoms with Crippen molar-refractivity contribution >= 4 is 17.7 Å². The summed E-state index contributed by atoms with van der Waals surface area (Å²) in [6, 6.07) is 11.7. The first-order chi connectivity index (χ1) is 19.7. The van der Waals surface area contributed by atoms with Crippen molar-refractivity contribution in [3.05, 3.63) is 70.6 Å². The van der Waals surface area contributed by atoms with E-state index in [1.807, 2.05) is 36.4 Å². The second-order valence-corrected chi connectivity index (χ2v) is 10.4. The number of halogens is 3. The van der Waals surface area contributed by atoms with Gasteiger partial charge in [0.25, 0.3) is 5.91 Å². The molecule has 12 heteroatoms. The van der Waals surface area contributed by atoms with Crippen molar-refractivity contribution in [1.82, 2.24) is 14.8 Å². The summed E-state index contributed by atoms with van der Waals surface area (Å²) in [6.45, 7) is 1.40. The third-order valence-corrected chi connectivity index (χ3v) is 7.79. The maximum absolute atomic E-state index is 13.8. The van der Waals surface area contributed by atoms with E-state index in [2.05, 4.69) is 5.10 Å². The zero-order chi connectivity index (χ0) is 28.3. The fraction of sp³-hybridized carbons (Fsp3) is 0.345. The molecular formula is C29H25F3N4O5. The fourth-order valence-corrected chi connectivity index (χ4v) is 5.85. The van der Waals surface area contributed by atoms with Gasteiger partial charge in [0.2, 0.25) is 13.6 Å². The number of rotatable bonds is 4. The highest BCUT2D eigenvalue weighted by Crippen LogP contribution is 2.47. The van der Waals surface area contributed by atoms with Crippen molar-refractivity contribution < 1.29 is 36.9 Å². The zero-order valence-corrected chi connectivity index (χ0v) is 22.0. The van der Waals surface area contributed by atoms with Crippen LogP contribution >= 0.6 is 0 Å². The summed E-state index contributed by atoms with van der Waals surface area (Å²) in [5, 5.41) is 9.89. The van der Waals surface area contributed by atoms with E-state index < -0.39 is 23.8 Å². The van der Waals surface area contributed by atoms with Crippen LogP contribution in [-0.2, 0) is 17.5 Å². The van der Waals surface area contributed by atoms with E-state index in [4.69, 9.17) is 24.0 Å². The molecule has 0 unspecified atom stereocenters. The van der Waals surface area contributed by atoms with Crippen LogP contribution in [0.2, 0.25) is 0 Å². The number of hydrogen-bond donors (Lipinski definition) is 0. The predicted octanol–water partition coefficient (Wildman–Crippen LogP) is 5.49. The molecule has 1 aromatic heterocycles. The molecule has 1 aliphatic carbocycles. The maximum Gasteiger partial charge on any atom is 0.435 e. The second kappa shape index (κ2) is 9.57. The van der Waals surface area contributed by atoms with Crippen molar-refractivity contribution in [2.45, 2.75) is 44.9 Å². The lowest BCUT2D eigenvalue weighted by atomic mass is 9.77. The van der Waals surface area contributed by atoms with Crippen molar-refractivity contribution in [1.29, 1.82) is 0 Å². The van der Waals surface area contributed by atoms with Crippen LogP contribution in [0, 0.1) is 12.8 Å². The van der Waals surface area contributed by atoms with Crippen molar-refractivity contribution in [3.63, 3.8) is 0 Å². The van der Waals surface area contributed by atoms with E-state index in [0.29, 0.717) is 23.0 Å². The number of aromatic nitrogens is 2. The van der Waals surface area contributed by atoms with Gasteiger partial charge in [0.05, 0.1) is 11.8 Å². The average Bonchev–Trinajstić information content (AvgIpc) is 3.73. The van der Waals surface area contributed by atoms with Crippen LogP contribution in [0.3, 0.4) is 0 Å². The Bertz CT molecular complexity index is 1610. The number of ether oxygens (including phenoxy) is 4. The number of aryl methyl sites for hydroxylation is 1. The number of carbonyl (C=O) groups excluding carboxylic acids is 1. The average molecular weight is 567 g/mol. The number of alkyl halides is 3. The van der Waals surface area contributed by atoms with Gasteiger partial charge in [-0.15, -0.1) is 0 Å². The third-order valence-electron chi connectivity index (χ3n) is 7.79. The fourth-order valence-electron chi connectivity index (χ4n) is 5.85. The standard InChI is InChI=1S/C29H25F3N4O5/c1-16-9-25(29(30,31)32)33-35(16)13-26(37)36-28(19-6-8-22-24(12-19)41-15-39-22)20-4-2-3-18(27(20)34-36)10-17-5-7-21-23(11-17)40-14-38-21/h5-12,20,28H,2-4,13-15H2,1H3/b18-10+/t20-,28-/m1/s1. The summed E-state index contributed by atoms with van der Waals surface area (Å²) in [7, 11) is 0. The van der Waals surface area contributed by atoms with E-state index >= 15 is 0 Å². The number of allylic oxidation sites excluding steroid dienone is 1. The van der Waals surface area contributed by atoms with Gasteiger partial charge in [0.15, 0.2) is 28.7 Å². The molecule has 2 aromatic carbocycles. The number of hydrogen-bond acceptors (Lipinski definition) is 7. The van der Waals surface area contributed by atoms with Gasteiger partial charge in [-0.2, -0.15) is 23.4 Å². The molecule has 0 N–H and O–H groups in total. The molecule has 212 valence electrons. The quantitative estimate of drug-likeness (QED) is 0.415. The third kappa shape index (κ3) is 4.56. The van der Waals surface area contributed by atoms with Gasteiger partial charge in [0.1, 0.15) is 6.54 Å². The minimum atomic E-state index is -4.61. The van der Waals surface area contributed by atoms with E-state index in [-0.39, 0.29) is 31.7 Å². The van der Waals surface area contributed by atoms with Crippen LogP contribution in [0.25, 0.3) is 6.08 Å². The lowest BCUT2D eigenvalue weighted by molar-refractivity contribution is -0.142. The molecule has 1 saturated carbocycles. The Morgan fingerprint density at radius 2 is 1.71 bits per heavy atom. The molecule has 0 bridgehead atoms. The Hall–Kier alpha value is -4.48. The van der Waals surface area contributed by atoms with Crippen molar-refractivity contribution in [2.75, 3.05) is 13.6 Å². The highest BCUT2D eigenvalue weighted by molar-refractivity contribution is 6.08. The largest absolute Gasteiger partial charge is 0.454 e. The summed E-state index contributed by atoms with van der Waals surface area (Å²) in [5.41, 5.74) is 2.71. The molecule has 3 aromatic rings. The van der Waals surface area contributed by atoms with Crippen LogP contribution in [-0.4, -0.2) is 40.0 Å². The Morgan fingerprint density at radius 3 is 2.44 bits per heavy atom. The molecule has 1 amide bonds. The Morgan fingerprint density at radius 1 is 1.00 bits per heavy atom. The molecule has 2 atom stereocenters. The van der Waals surface area contributed by atoms with E-state index in [1.165, 1.54) is 11.9 Å². The van der Waals surface area contributed by atoms with E-state index in [0.717, 1.165) is 52.4 Å². The molecule has 9 nitrogen and oxygen atoms in total. The minimum absolute atomic E-state index is 0.111. The molecule has 7 rings (SSSR count). The van der Waals surface area contributed by atoms with Crippen LogP contribution in [0.15, 0.2) is 53.1 Å². The summed E-state index contributed by atoms with van der Waals surface area (Å²) in [4.78, 5) is 13.8. The highest BCUT2D eigenvalue weighted by Gasteiger charge is 2.44. The number of nitrogens with zero attached hydrogens (tertiary/aromatic N) is 4. The lowest BCUT2D eigenvalue weighted by Crippen LogP contribution is -2.34. The maximum atomic E-state index is 13.8. The number of carbonyl (C=O) groups is 1. The second-order valence-electron chi connectivity index (χ2n) is 10.4. The zero-order valence-electron chi connectivity index (χ0n) is 22.0. The van der Waals surface area contributed by atoms with Crippen LogP contribution < -0.4 is 18.9 Å². The van der Waals surface area contributed by atoms with Crippen LogP contribution in [0.4, 0.5) is 13.2 Å². The van der Waals surface area contributed by atoms with E-state index in [1.54, 1.807) is 6.07 Å². The first-order valence-corrected chi connectivity index (χ1v) is 13.3.